The average Bonchev–Trinajstić information content (AvgIpc) is 3.26. The van der Waals surface area contributed by atoms with E-state index >= 15 is 0 Å². The van der Waals surface area contributed by atoms with Crippen molar-refractivity contribution in [3.8, 4) is 23.1 Å². The second-order valence-corrected chi connectivity index (χ2v) is 6.45. The van der Waals surface area contributed by atoms with Gasteiger partial charge in [0.1, 0.15) is 6.10 Å². The molecular formula is C20H20N6O. The summed E-state index contributed by atoms with van der Waals surface area (Å²) in [4.78, 5) is 4.44. The molecule has 27 heavy (non-hydrogen) atoms. The number of hydrogen-bond acceptors (Lipinski definition) is 6. The smallest absolute Gasteiger partial charge is 0.237 e. The first-order valence-corrected chi connectivity index (χ1v) is 8.91. The Hall–Kier alpha value is -3.37. The first kappa shape index (κ1) is 17.1. The van der Waals surface area contributed by atoms with Crippen LogP contribution >= 0.6 is 0 Å². The van der Waals surface area contributed by atoms with Crippen molar-refractivity contribution in [1.29, 1.82) is 5.26 Å². The summed E-state index contributed by atoms with van der Waals surface area (Å²) in [5.74, 6) is 0.632. The average molecular weight is 360 g/mol. The van der Waals surface area contributed by atoms with Crippen LogP contribution in [0, 0.1) is 11.3 Å². The highest BCUT2D eigenvalue weighted by molar-refractivity contribution is 5.69. The SMILES string of the molecule is N#Cc1ccc(CCNCC2CNc3cc(-c4cn[nH]c4)cnc3O2)cc1. The molecule has 7 nitrogen and oxygen atoms in total. The lowest BCUT2D eigenvalue weighted by Crippen LogP contribution is -2.40. The van der Waals surface area contributed by atoms with Crippen molar-refractivity contribution >= 4 is 5.69 Å². The summed E-state index contributed by atoms with van der Waals surface area (Å²) in [6.07, 6.45) is 6.35. The zero-order chi connectivity index (χ0) is 18.5. The number of H-pyrrole nitrogens is 1. The van der Waals surface area contributed by atoms with E-state index in [2.05, 4.69) is 31.9 Å². The van der Waals surface area contributed by atoms with E-state index in [4.69, 9.17) is 10.00 Å². The highest BCUT2D eigenvalue weighted by Crippen LogP contribution is 2.30. The molecule has 1 atom stereocenters. The van der Waals surface area contributed by atoms with Crippen molar-refractivity contribution in [3.63, 3.8) is 0 Å². The molecule has 0 radical (unpaired) electrons. The molecule has 1 unspecified atom stereocenters. The van der Waals surface area contributed by atoms with Gasteiger partial charge in [0.25, 0.3) is 0 Å². The molecule has 0 saturated heterocycles. The van der Waals surface area contributed by atoms with Crippen molar-refractivity contribution in [3.05, 3.63) is 60.0 Å². The van der Waals surface area contributed by atoms with Gasteiger partial charge in [0.15, 0.2) is 0 Å². The third-order valence-corrected chi connectivity index (χ3v) is 4.53. The van der Waals surface area contributed by atoms with E-state index in [0.717, 1.165) is 42.9 Å². The van der Waals surface area contributed by atoms with Crippen LogP contribution < -0.4 is 15.4 Å². The lowest BCUT2D eigenvalue weighted by molar-refractivity contribution is 0.194. The quantitative estimate of drug-likeness (QED) is 0.584. The molecule has 7 heteroatoms. The summed E-state index contributed by atoms with van der Waals surface area (Å²) in [5.41, 5.74) is 4.80. The van der Waals surface area contributed by atoms with Gasteiger partial charge in [-0.15, -0.1) is 0 Å². The second kappa shape index (κ2) is 7.89. The standard InChI is InChI=1S/C20H20N6O/c21-8-15-3-1-14(2-4-15)5-6-22-12-18-13-23-19-7-16(9-24-20(19)27-18)17-10-25-26-11-17/h1-4,7,9-11,18,22-23H,5-6,12-13H2,(H,25,26). The minimum absolute atomic E-state index is 0.0331. The Morgan fingerprint density at radius 3 is 2.89 bits per heavy atom. The van der Waals surface area contributed by atoms with Crippen molar-refractivity contribution in [1.82, 2.24) is 20.5 Å². The molecule has 0 bridgehead atoms. The van der Waals surface area contributed by atoms with Crippen LogP contribution in [0.2, 0.25) is 0 Å². The van der Waals surface area contributed by atoms with Gasteiger partial charge in [-0.1, -0.05) is 12.1 Å². The summed E-state index contributed by atoms with van der Waals surface area (Å²) < 4.78 is 5.99. The van der Waals surface area contributed by atoms with Gasteiger partial charge in [0.2, 0.25) is 5.88 Å². The minimum Gasteiger partial charge on any atom is -0.470 e. The number of pyridine rings is 1. The number of fused-ring (bicyclic) bond motifs is 1. The Bertz CT molecular complexity index is 930. The van der Waals surface area contributed by atoms with Crippen LogP contribution in [0.4, 0.5) is 5.69 Å². The lowest BCUT2D eigenvalue weighted by Gasteiger charge is -2.27. The van der Waals surface area contributed by atoms with Gasteiger partial charge < -0.3 is 15.4 Å². The Balaban J connectivity index is 1.26. The van der Waals surface area contributed by atoms with Crippen LogP contribution in [0.25, 0.3) is 11.1 Å². The van der Waals surface area contributed by atoms with Crippen LogP contribution in [0.5, 0.6) is 5.88 Å². The third kappa shape index (κ3) is 4.07. The fraction of sp³-hybridized carbons (Fsp3) is 0.250. The molecule has 3 aromatic rings. The molecule has 2 aromatic heterocycles. The van der Waals surface area contributed by atoms with Gasteiger partial charge in [-0.25, -0.2) is 4.98 Å². The van der Waals surface area contributed by atoms with Gasteiger partial charge in [0.05, 0.1) is 30.1 Å². The van der Waals surface area contributed by atoms with E-state index in [9.17, 15) is 0 Å². The highest BCUT2D eigenvalue weighted by atomic mass is 16.5. The zero-order valence-corrected chi connectivity index (χ0v) is 14.8. The third-order valence-electron chi connectivity index (χ3n) is 4.53. The number of benzene rings is 1. The van der Waals surface area contributed by atoms with Crippen LogP contribution in [0.1, 0.15) is 11.1 Å². The van der Waals surface area contributed by atoms with Crippen molar-refractivity contribution in [2.75, 3.05) is 25.0 Å². The van der Waals surface area contributed by atoms with E-state index in [1.54, 1.807) is 12.4 Å². The number of aromatic amines is 1. The largest absolute Gasteiger partial charge is 0.470 e. The number of nitrogens with zero attached hydrogens (tertiary/aromatic N) is 3. The van der Waals surface area contributed by atoms with Gasteiger partial charge in [0, 0.05) is 30.1 Å². The number of rotatable bonds is 6. The molecule has 3 N–H and O–H groups in total. The first-order chi connectivity index (χ1) is 13.3. The second-order valence-electron chi connectivity index (χ2n) is 6.45. The molecular weight excluding hydrogens is 340 g/mol. The predicted molar refractivity (Wildman–Crippen MR) is 102 cm³/mol. The molecule has 0 saturated carbocycles. The summed E-state index contributed by atoms with van der Waals surface area (Å²) in [7, 11) is 0. The van der Waals surface area contributed by atoms with E-state index in [0.29, 0.717) is 11.4 Å². The zero-order valence-electron chi connectivity index (χ0n) is 14.8. The molecule has 3 heterocycles. The normalized spacial score (nSPS) is 15.3. The van der Waals surface area contributed by atoms with E-state index in [1.165, 1.54) is 5.56 Å². The monoisotopic (exact) mass is 360 g/mol. The molecule has 1 aromatic carbocycles. The number of hydrogen-bond donors (Lipinski definition) is 3. The predicted octanol–water partition coefficient (Wildman–Crippen LogP) is 2.35. The van der Waals surface area contributed by atoms with E-state index < -0.39 is 0 Å². The Morgan fingerprint density at radius 2 is 2.11 bits per heavy atom. The molecule has 0 spiro atoms. The van der Waals surface area contributed by atoms with E-state index in [-0.39, 0.29) is 6.10 Å². The Labute approximate surface area is 157 Å². The summed E-state index contributed by atoms with van der Waals surface area (Å²) in [6.45, 7) is 2.33. The Morgan fingerprint density at radius 1 is 1.22 bits per heavy atom. The fourth-order valence-corrected chi connectivity index (χ4v) is 3.02. The molecule has 0 fully saturated rings. The number of ether oxygens (including phenoxy) is 1. The maximum Gasteiger partial charge on any atom is 0.237 e. The molecule has 0 aliphatic carbocycles. The van der Waals surface area contributed by atoms with Crippen LogP contribution in [-0.2, 0) is 6.42 Å². The maximum absolute atomic E-state index is 8.83. The molecule has 1 aliphatic heterocycles. The Kier molecular flexibility index (Phi) is 4.99. The highest BCUT2D eigenvalue weighted by Gasteiger charge is 2.20. The summed E-state index contributed by atoms with van der Waals surface area (Å²) >= 11 is 0. The van der Waals surface area contributed by atoms with Gasteiger partial charge in [-0.3, -0.25) is 5.10 Å². The number of nitriles is 1. The molecule has 0 amide bonds. The van der Waals surface area contributed by atoms with Gasteiger partial charge in [-0.05, 0) is 36.7 Å². The fourth-order valence-electron chi connectivity index (χ4n) is 3.02. The van der Waals surface area contributed by atoms with Gasteiger partial charge >= 0.3 is 0 Å². The first-order valence-electron chi connectivity index (χ1n) is 8.91. The molecule has 136 valence electrons. The minimum atomic E-state index is 0.0331. The molecule has 1 aliphatic rings. The number of nitrogens with one attached hydrogen (secondary N) is 3. The van der Waals surface area contributed by atoms with Crippen LogP contribution in [0.15, 0.2) is 48.9 Å². The lowest BCUT2D eigenvalue weighted by atomic mass is 10.1. The number of aromatic nitrogens is 3. The van der Waals surface area contributed by atoms with Crippen LogP contribution in [-0.4, -0.2) is 40.9 Å². The van der Waals surface area contributed by atoms with Crippen molar-refractivity contribution in [2.45, 2.75) is 12.5 Å². The summed E-state index contributed by atoms with van der Waals surface area (Å²) in [5, 5.41) is 22.4. The topological polar surface area (TPSA) is 98.7 Å². The van der Waals surface area contributed by atoms with Crippen LogP contribution in [0.3, 0.4) is 0 Å². The maximum atomic E-state index is 8.83. The number of anilines is 1. The van der Waals surface area contributed by atoms with Gasteiger partial charge in [-0.2, -0.15) is 10.4 Å². The summed E-state index contributed by atoms with van der Waals surface area (Å²) in [6, 6.07) is 11.9. The van der Waals surface area contributed by atoms with E-state index in [1.807, 2.05) is 36.5 Å². The van der Waals surface area contributed by atoms with Crippen molar-refractivity contribution in [2.24, 2.45) is 0 Å². The molecule has 4 rings (SSSR count). The van der Waals surface area contributed by atoms with Crippen molar-refractivity contribution < 1.29 is 4.74 Å².